The van der Waals surface area contributed by atoms with Crippen LogP contribution in [0.4, 0.5) is 22.0 Å². The van der Waals surface area contributed by atoms with Gasteiger partial charge in [-0.15, -0.1) is 0 Å². The van der Waals surface area contributed by atoms with E-state index in [2.05, 4.69) is 0 Å². The summed E-state index contributed by atoms with van der Waals surface area (Å²) in [5.41, 5.74) is 0.743. The quantitative estimate of drug-likeness (QED) is 0.741. The highest BCUT2D eigenvalue weighted by molar-refractivity contribution is 5.90. The van der Waals surface area contributed by atoms with Crippen molar-refractivity contribution in [1.82, 2.24) is 0 Å². The molecule has 0 aliphatic carbocycles. The highest BCUT2D eigenvalue weighted by Gasteiger charge is 2.54. The summed E-state index contributed by atoms with van der Waals surface area (Å²) in [7, 11) is 0. The van der Waals surface area contributed by atoms with Gasteiger partial charge in [0.05, 0.1) is 0 Å². The largest absolute Gasteiger partial charge is 0.456 e. The fourth-order valence-electron chi connectivity index (χ4n) is 1.48. The zero-order chi connectivity index (χ0) is 13.8. The van der Waals surface area contributed by atoms with Gasteiger partial charge in [0.15, 0.2) is 0 Å². The summed E-state index contributed by atoms with van der Waals surface area (Å²) in [6, 6.07) is 8.52. The van der Waals surface area contributed by atoms with Gasteiger partial charge in [-0.05, 0) is 18.4 Å². The predicted molar refractivity (Wildman–Crippen MR) is 55.4 cm³/mol. The second-order valence-corrected chi connectivity index (χ2v) is 3.87. The van der Waals surface area contributed by atoms with Crippen LogP contribution in [-0.4, -0.2) is 17.9 Å². The number of aryl methyl sites for hydroxylation is 1. The molecule has 0 saturated carbocycles. The molecule has 0 radical (unpaired) electrons. The van der Waals surface area contributed by atoms with Crippen molar-refractivity contribution in [2.75, 3.05) is 0 Å². The van der Waals surface area contributed by atoms with Gasteiger partial charge in [-0.25, -0.2) is 0 Å². The molecule has 1 nitrogen and oxygen atoms in total. The second-order valence-electron chi connectivity index (χ2n) is 3.87. The van der Waals surface area contributed by atoms with Crippen LogP contribution in [0.25, 0.3) is 0 Å². The van der Waals surface area contributed by atoms with Crippen LogP contribution in [0.1, 0.15) is 18.4 Å². The Kier molecular flexibility index (Phi) is 4.43. The minimum Gasteiger partial charge on any atom is -0.283 e. The van der Waals surface area contributed by atoms with Crippen LogP contribution in [0.2, 0.25) is 0 Å². The van der Waals surface area contributed by atoms with E-state index >= 15 is 0 Å². The number of ketones is 1. The topological polar surface area (TPSA) is 17.1 Å². The lowest BCUT2D eigenvalue weighted by Gasteiger charge is -2.16. The summed E-state index contributed by atoms with van der Waals surface area (Å²) in [4.78, 5) is 10.5. The lowest BCUT2D eigenvalue weighted by Crippen LogP contribution is -2.40. The third kappa shape index (κ3) is 4.09. The average Bonchev–Trinajstić information content (AvgIpc) is 2.28. The molecule has 0 unspecified atom stereocenters. The number of benzene rings is 1. The molecular formula is C12H11F5O. The van der Waals surface area contributed by atoms with Crippen LogP contribution in [0.3, 0.4) is 0 Å². The minimum atomic E-state index is -5.49. The lowest BCUT2D eigenvalue weighted by molar-refractivity contribution is -0.196. The number of carbonyl (C=O) groups is 1. The van der Waals surface area contributed by atoms with Gasteiger partial charge >= 0.3 is 17.9 Å². The zero-order valence-electron chi connectivity index (χ0n) is 9.31. The van der Waals surface area contributed by atoms with Crippen molar-refractivity contribution in [1.29, 1.82) is 0 Å². The normalized spacial score (nSPS) is 12.5. The van der Waals surface area contributed by atoms with E-state index in [9.17, 15) is 26.7 Å². The maximum atomic E-state index is 12.9. The Morgan fingerprint density at radius 1 is 1.00 bits per heavy atom. The molecule has 18 heavy (non-hydrogen) atoms. The number of Topliss-reactive ketones (excluding diaryl/α,β-unsaturated/α-hetero) is 1. The third-order valence-electron chi connectivity index (χ3n) is 2.39. The number of rotatable bonds is 5. The smallest absolute Gasteiger partial charge is 0.283 e. The average molecular weight is 266 g/mol. The first kappa shape index (κ1) is 14.6. The summed E-state index contributed by atoms with van der Waals surface area (Å²) in [6.45, 7) is 0. The van der Waals surface area contributed by atoms with Crippen LogP contribution in [-0.2, 0) is 11.2 Å². The molecule has 0 aliphatic rings. The zero-order valence-corrected chi connectivity index (χ0v) is 9.31. The Bertz CT molecular complexity index is 397. The van der Waals surface area contributed by atoms with Gasteiger partial charge in [-0.1, -0.05) is 30.3 Å². The molecule has 1 aromatic carbocycles. The first-order valence-electron chi connectivity index (χ1n) is 5.27. The molecule has 1 rings (SSSR count). The van der Waals surface area contributed by atoms with E-state index < -0.39 is 24.3 Å². The van der Waals surface area contributed by atoms with E-state index in [1.165, 1.54) is 0 Å². The number of hydrogen-bond donors (Lipinski definition) is 0. The van der Waals surface area contributed by atoms with Gasteiger partial charge in [0.25, 0.3) is 0 Å². The Morgan fingerprint density at radius 2 is 1.56 bits per heavy atom. The highest BCUT2D eigenvalue weighted by Crippen LogP contribution is 2.31. The summed E-state index contributed by atoms with van der Waals surface area (Å²) in [5.74, 6) is -7.31. The van der Waals surface area contributed by atoms with Crippen LogP contribution >= 0.6 is 0 Å². The van der Waals surface area contributed by atoms with E-state index in [-0.39, 0.29) is 12.8 Å². The molecule has 0 atom stereocenters. The molecular weight excluding hydrogens is 255 g/mol. The van der Waals surface area contributed by atoms with Crippen LogP contribution < -0.4 is 0 Å². The molecule has 0 spiro atoms. The maximum absolute atomic E-state index is 12.9. The molecule has 0 fully saturated rings. The van der Waals surface area contributed by atoms with Crippen molar-refractivity contribution in [2.24, 2.45) is 0 Å². The van der Waals surface area contributed by atoms with Gasteiger partial charge in [-0.2, -0.15) is 22.0 Å². The van der Waals surface area contributed by atoms with Crippen molar-refractivity contribution >= 4 is 5.78 Å². The van der Waals surface area contributed by atoms with Gasteiger partial charge in [-0.3, -0.25) is 4.79 Å². The molecule has 1 aromatic rings. The molecule has 0 heterocycles. The van der Waals surface area contributed by atoms with E-state index in [1.54, 1.807) is 30.3 Å². The molecule has 0 aliphatic heterocycles. The SMILES string of the molecule is O=C(C(F)(F)F)C(F)(F)CCCc1ccccc1. The van der Waals surface area contributed by atoms with Crippen LogP contribution in [0.15, 0.2) is 30.3 Å². The number of halogens is 5. The summed E-state index contributed by atoms with van der Waals surface area (Å²) in [5, 5.41) is 0. The summed E-state index contributed by atoms with van der Waals surface area (Å²) in [6.07, 6.45) is -6.56. The monoisotopic (exact) mass is 266 g/mol. The fourth-order valence-corrected chi connectivity index (χ4v) is 1.48. The molecule has 100 valence electrons. The van der Waals surface area contributed by atoms with E-state index in [0.29, 0.717) is 0 Å². The van der Waals surface area contributed by atoms with Crippen molar-refractivity contribution < 1.29 is 26.7 Å². The van der Waals surface area contributed by atoms with Gasteiger partial charge in [0.2, 0.25) is 0 Å². The first-order valence-corrected chi connectivity index (χ1v) is 5.27. The predicted octanol–water partition coefficient (Wildman–Crippen LogP) is 3.78. The Hall–Kier alpha value is -1.46. The molecule has 0 saturated heterocycles. The lowest BCUT2D eigenvalue weighted by atomic mass is 10.0. The minimum absolute atomic E-state index is 0.182. The van der Waals surface area contributed by atoms with Gasteiger partial charge in [0, 0.05) is 6.42 Å². The van der Waals surface area contributed by atoms with Crippen molar-refractivity contribution in [3.05, 3.63) is 35.9 Å². The van der Waals surface area contributed by atoms with Crippen LogP contribution in [0.5, 0.6) is 0 Å². The molecule has 6 heteroatoms. The summed E-state index contributed by atoms with van der Waals surface area (Å²) >= 11 is 0. The number of hydrogen-bond acceptors (Lipinski definition) is 1. The standard InChI is InChI=1S/C12H11F5O/c13-11(14,10(18)12(15,16)17)8-4-7-9-5-2-1-3-6-9/h1-3,5-6H,4,7-8H2. The summed E-state index contributed by atoms with van der Waals surface area (Å²) < 4.78 is 61.5. The maximum Gasteiger partial charge on any atom is 0.456 e. The molecule has 0 N–H and O–H groups in total. The van der Waals surface area contributed by atoms with Crippen molar-refractivity contribution in [3.8, 4) is 0 Å². The highest BCUT2D eigenvalue weighted by atomic mass is 19.4. The first-order chi connectivity index (χ1) is 8.23. The Labute approximate surface area is 101 Å². The van der Waals surface area contributed by atoms with Gasteiger partial charge in [0.1, 0.15) is 0 Å². The second kappa shape index (κ2) is 5.46. The molecule has 0 aromatic heterocycles. The Morgan fingerprint density at radius 3 is 2.06 bits per heavy atom. The van der Waals surface area contributed by atoms with E-state index in [0.717, 1.165) is 5.56 Å². The molecule has 0 amide bonds. The van der Waals surface area contributed by atoms with E-state index in [1.807, 2.05) is 0 Å². The van der Waals surface area contributed by atoms with Crippen LogP contribution in [0, 0.1) is 0 Å². The van der Waals surface area contributed by atoms with Crippen molar-refractivity contribution in [3.63, 3.8) is 0 Å². The fraction of sp³-hybridized carbons (Fsp3) is 0.417. The number of alkyl halides is 5. The van der Waals surface area contributed by atoms with E-state index in [4.69, 9.17) is 0 Å². The number of carbonyl (C=O) groups excluding carboxylic acids is 1. The van der Waals surface area contributed by atoms with Crippen molar-refractivity contribution in [2.45, 2.75) is 31.4 Å². The molecule has 0 bridgehead atoms. The third-order valence-corrected chi connectivity index (χ3v) is 2.39. The van der Waals surface area contributed by atoms with Gasteiger partial charge < -0.3 is 0 Å². The Balaban J connectivity index is 2.50.